The van der Waals surface area contributed by atoms with Crippen LogP contribution in [0.1, 0.15) is 54.2 Å². The number of hydrogen-bond acceptors (Lipinski definition) is 5. The van der Waals surface area contributed by atoms with Crippen LogP contribution in [0.3, 0.4) is 0 Å². The van der Waals surface area contributed by atoms with Crippen LogP contribution < -0.4 is 9.62 Å². The minimum Gasteiger partial charge on any atom is -0.346 e. The Labute approximate surface area is 247 Å². The van der Waals surface area contributed by atoms with E-state index in [1.54, 1.807) is 23.1 Å². The average Bonchev–Trinajstić information content (AvgIpc) is 3.76. The molecule has 1 saturated heterocycles. The van der Waals surface area contributed by atoms with E-state index in [-0.39, 0.29) is 28.3 Å². The molecule has 1 aromatic heterocycles. The van der Waals surface area contributed by atoms with Crippen LogP contribution in [0.25, 0.3) is 0 Å². The highest BCUT2D eigenvalue weighted by atomic mass is 35.5. The molecule has 2 aliphatic heterocycles. The van der Waals surface area contributed by atoms with Crippen LogP contribution in [0.5, 0.6) is 0 Å². The first-order valence-corrected chi connectivity index (χ1v) is 15.6. The molecule has 2 amide bonds. The monoisotopic (exact) mass is 614 g/mol. The van der Waals surface area contributed by atoms with Crippen LogP contribution in [0.2, 0.25) is 5.02 Å². The Bertz CT molecular complexity index is 1670. The second kappa shape index (κ2) is 10.6. The van der Waals surface area contributed by atoms with E-state index >= 15 is 0 Å². The predicted octanol–water partition coefficient (Wildman–Crippen LogP) is 4.81. The summed E-state index contributed by atoms with van der Waals surface area (Å²) in [5.74, 6) is -1.46. The third-order valence-corrected chi connectivity index (χ3v) is 10.8. The second-order valence-electron chi connectivity index (χ2n) is 11.2. The van der Waals surface area contributed by atoms with Gasteiger partial charge < -0.3 is 10.2 Å². The normalized spacial score (nSPS) is 19.6. The first-order chi connectivity index (χ1) is 20.0. The third kappa shape index (κ3) is 4.92. The predicted molar refractivity (Wildman–Crippen MR) is 153 cm³/mol. The number of amides is 2. The molecule has 1 aliphatic carbocycles. The van der Waals surface area contributed by atoms with E-state index < -0.39 is 39.0 Å². The summed E-state index contributed by atoms with van der Waals surface area (Å²) in [7, 11) is -4.08. The molecular formula is C30H29ClF2N4O4S. The van der Waals surface area contributed by atoms with Gasteiger partial charge in [-0.15, -0.1) is 0 Å². The number of halogens is 3. The minimum atomic E-state index is -4.08. The van der Waals surface area contributed by atoms with E-state index in [0.29, 0.717) is 42.9 Å². The number of aromatic nitrogens is 1. The quantitative estimate of drug-likeness (QED) is 0.430. The molecule has 0 bridgehead atoms. The molecule has 12 heteroatoms. The van der Waals surface area contributed by atoms with E-state index in [0.717, 1.165) is 42.8 Å². The molecule has 1 spiro atoms. The van der Waals surface area contributed by atoms with Crippen LogP contribution in [0, 0.1) is 17.6 Å². The fourth-order valence-electron chi connectivity index (χ4n) is 6.48. The van der Waals surface area contributed by atoms with E-state index in [9.17, 15) is 26.8 Å². The number of hydrogen-bond donors (Lipinski definition) is 1. The number of sulfonamides is 1. The van der Waals surface area contributed by atoms with Crippen LogP contribution in [0.15, 0.2) is 59.6 Å². The molecule has 8 nitrogen and oxygen atoms in total. The first-order valence-electron chi connectivity index (χ1n) is 13.8. The van der Waals surface area contributed by atoms with Crippen molar-refractivity contribution >= 4 is 39.1 Å². The molecule has 1 unspecified atom stereocenters. The van der Waals surface area contributed by atoms with Crippen molar-refractivity contribution in [2.45, 2.75) is 55.5 Å². The van der Waals surface area contributed by atoms with Crippen LogP contribution in [0.4, 0.5) is 14.5 Å². The molecule has 0 radical (unpaired) electrons. The Morgan fingerprint density at radius 2 is 1.74 bits per heavy atom. The maximum absolute atomic E-state index is 14.2. The lowest BCUT2D eigenvalue weighted by atomic mass is 9.68. The van der Waals surface area contributed by atoms with Crippen molar-refractivity contribution in [1.29, 1.82) is 0 Å². The smallest absolute Gasteiger partial charge is 0.264 e. The highest BCUT2D eigenvalue weighted by Gasteiger charge is 2.60. The number of carbonyl (C=O) groups is 2. The molecule has 1 saturated carbocycles. The van der Waals surface area contributed by atoms with Crippen molar-refractivity contribution in [3.05, 3.63) is 88.2 Å². The summed E-state index contributed by atoms with van der Waals surface area (Å²) < 4.78 is 57.0. The Hall–Kier alpha value is -3.57. The van der Waals surface area contributed by atoms with Gasteiger partial charge in [-0.25, -0.2) is 17.2 Å². The molecule has 2 fully saturated rings. The number of rotatable bonds is 6. The van der Waals surface area contributed by atoms with Gasteiger partial charge in [0.25, 0.3) is 15.9 Å². The minimum absolute atomic E-state index is 0.00998. The number of likely N-dealkylation sites (tertiary alicyclic amines) is 1. The van der Waals surface area contributed by atoms with Crippen LogP contribution in [-0.2, 0) is 26.8 Å². The maximum Gasteiger partial charge on any atom is 0.264 e. The van der Waals surface area contributed by atoms with E-state index in [2.05, 4.69) is 10.3 Å². The molecule has 3 aliphatic rings. The number of nitrogens with one attached hydrogen (secondary N) is 1. The van der Waals surface area contributed by atoms with Crippen molar-refractivity contribution in [3.63, 3.8) is 0 Å². The molecule has 1 N–H and O–H groups in total. The summed E-state index contributed by atoms with van der Waals surface area (Å²) >= 11 is 6.07. The molecule has 6 rings (SSSR count). The van der Waals surface area contributed by atoms with E-state index in [1.807, 2.05) is 0 Å². The van der Waals surface area contributed by atoms with Gasteiger partial charge in [-0.1, -0.05) is 11.6 Å². The average molecular weight is 615 g/mol. The number of pyridine rings is 1. The summed E-state index contributed by atoms with van der Waals surface area (Å²) in [4.78, 5) is 31.2. The van der Waals surface area contributed by atoms with Gasteiger partial charge in [0.2, 0.25) is 5.91 Å². The fraction of sp³-hybridized carbons (Fsp3) is 0.367. The summed E-state index contributed by atoms with van der Waals surface area (Å²) in [6.45, 7) is 2.43. The lowest BCUT2D eigenvalue weighted by Gasteiger charge is -2.45. The van der Waals surface area contributed by atoms with Crippen molar-refractivity contribution in [2.24, 2.45) is 5.92 Å². The zero-order valence-corrected chi connectivity index (χ0v) is 24.4. The molecule has 42 heavy (non-hydrogen) atoms. The highest BCUT2D eigenvalue weighted by molar-refractivity contribution is 7.92. The summed E-state index contributed by atoms with van der Waals surface area (Å²) in [5, 5.41) is 2.86. The largest absolute Gasteiger partial charge is 0.346 e. The molecule has 3 heterocycles. The number of carbonyl (C=O) groups excluding carboxylic acids is 2. The Morgan fingerprint density at radius 3 is 2.36 bits per heavy atom. The summed E-state index contributed by atoms with van der Waals surface area (Å²) in [6.07, 6.45) is 3.83. The molecule has 1 atom stereocenters. The van der Waals surface area contributed by atoms with Gasteiger partial charge >= 0.3 is 0 Å². The van der Waals surface area contributed by atoms with Gasteiger partial charge in [-0.3, -0.25) is 18.9 Å². The Morgan fingerprint density at radius 1 is 1.05 bits per heavy atom. The molecule has 220 valence electrons. The van der Waals surface area contributed by atoms with Gasteiger partial charge in [-0.05, 0) is 85.7 Å². The SMILES string of the molecule is CC(=O)N1CCC2(CC1)c1cc(C(=O)NCc3ncc(F)cc3Cl)ccc1N(S(=O)(=O)c1ccc(F)cc1)C2C1CC1. The van der Waals surface area contributed by atoms with Gasteiger partial charge in [0.05, 0.1) is 40.1 Å². The topological polar surface area (TPSA) is 99.7 Å². The highest BCUT2D eigenvalue weighted by Crippen LogP contribution is 2.59. The molecular weight excluding hydrogens is 586 g/mol. The van der Waals surface area contributed by atoms with E-state index in [4.69, 9.17) is 11.6 Å². The van der Waals surface area contributed by atoms with Crippen molar-refractivity contribution in [2.75, 3.05) is 17.4 Å². The second-order valence-corrected chi connectivity index (χ2v) is 13.4. The van der Waals surface area contributed by atoms with Gasteiger partial charge in [-0.2, -0.15) is 0 Å². The fourth-order valence-corrected chi connectivity index (χ4v) is 8.50. The molecule has 2 aromatic carbocycles. The van der Waals surface area contributed by atoms with E-state index in [1.165, 1.54) is 23.4 Å². The molecule has 3 aromatic rings. The Balaban J connectivity index is 1.41. The summed E-state index contributed by atoms with van der Waals surface area (Å²) in [6, 6.07) is 10.5. The van der Waals surface area contributed by atoms with Crippen LogP contribution >= 0.6 is 11.6 Å². The summed E-state index contributed by atoms with van der Waals surface area (Å²) in [5.41, 5.74) is 1.27. The standard InChI is InChI=1S/C30H29ClF2N4O4S/c1-18(38)36-12-10-30(11-13-36)24-14-20(29(39)35-17-26-25(31)15-22(33)16-34-26)4-9-27(24)37(28(30)19-2-3-19)42(40,41)23-7-5-21(32)6-8-23/h4-9,14-16,19,28H,2-3,10-13,17H2,1H3,(H,35,39). The number of benzene rings is 2. The van der Waals surface area contributed by atoms with Gasteiger partial charge in [0.15, 0.2) is 0 Å². The first kappa shape index (κ1) is 28.5. The van der Waals surface area contributed by atoms with Crippen molar-refractivity contribution in [3.8, 4) is 0 Å². The lowest BCUT2D eigenvalue weighted by molar-refractivity contribution is -0.130. The maximum atomic E-state index is 14.2. The number of piperidine rings is 1. The van der Waals surface area contributed by atoms with Crippen molar-refractivity contribution < 1.29 is 26.8 Å². The van der Waals surface area contributed by atoms with Gasteiger partial charge in [0, 0.05) is 31.0 Å². The zero-order chi connectivity index (χ0) is 29.8. The van der Waals surface area contributed by atoms with Gasteiger partial charge in [0.1, 0.15) is 11.6 Å². The lowest BCUT2D eigenvalue weighted by Crippen LogP contribution is -2.54. The number of nitrogens with zero attached hydrogens (tertiary/aromatic N) is 3. The Kier molecular flexibility index (Phi) is 7.21. The van der Waals surface area contributed by atoms with Crippen LogP contribution in [-0.4, -0.2) is 49.2 Å². The third-order valence-electron chi connectivity index (χ3n) is 8.69. The number of fused-ring (bicyclic) bond motifs is 2. The zero-order valence-electron chi connectivity index (χ0n) is 22.8. The number of anilines is 1. The van der Waals surface area contributed by atoms with Crippen molar-refractivity contribution in [1.82, 2.24) is 15.2 Å².